The monoisotopic (exact) mass is 500 g/mol. The first-order chi connectivity index (χ1) is 17.3. The molecule has 0 radical (unpaired) electrons. The van der Waals surface area contributed by atoms with Crippen molar-refractivity contribution in [2.45, 2.75) is 31.9 Å². The second-order valence-electron chi connectivity index (χ2n) is 7.84. The quantitative estimate of drug-likeness (QED) is 0.330. The lowest BCUT2D eigenvalue weighted by Gasteiger charge is -2.11. The third-order valence-electron chi connectivity index (χ3n) is 5.15. The van der Waals surface area contributed by atoms with Gasteiger partial charge in [-0.25, -0.2) is 9.97 Å². The maximum absolute atomic E-state index is 12.2. The predicted molar refractivity (Wildman–Crippen MR) is 129 cm³/mol. The number of hydrogen-bond donors (Lipinski definition) is 2. The van der Waals surface area contributed by atoms with Crippen LogP contribution >= 0.6 is 0 Å². The number of carbonyl (C=O) groups is 1. The Kier molecular flexibility index (Phi) is 9.54. The van der Waals surface area contributed by atoms with Gasteiger partial charge in [-0.15, -0.1) is 13.2 Å². The van der Waals surface area contributed by atoms with Gasteiger partial charge in [0, 0.05) is 25.6 Å². The number of benzene rings is 2. The number of aromatic nitrogens is 3. The molecule has 2 aromatic heterocycles. The van der Waals surface area contributed by atoms with Crippen molar-refractivity contribution in [1.82, 2.24) is 19.9 Å². The Morgan fingerprint density at radius 1 is 1.08 bits per heavy atom. The number of aryl methyl sites for hydroxylation is 1. The normalized spacial score (nSPS) is 12.0. The van der Waals surface area contributed by atoms with E-state index in [0.717, 1.165) is 17.4 Å². The maximum Gasteiger partial charge on any atom is 0.573 e. The molecule has 0 saturated heterocycles. The van der Waals surface area contributed by atoms with Crippen molar-refractivity contribution >= 4 is 17.5 Å². The second-order valence-corrected chi connectivity index (χ2v) is 7.84. The van der Waals surface area contributed by atoms with Crippen LogP contribution in [0.15, 0.2) is 72.9 Å². The molecule has 10 heteroatoms. The number of rotatable bonds is 9. The summed E-state index contributed by atoms with van der Waals surface area (Å²) in [7, 11) is 1.83. The van der Waals surface area contributed by atoms with E-state index >= 15 is 0 Å². The van der Waals surface area contributed by atoms with Crippen LogP contribution in [0.1, 0.15) is 29.5 Å². The highest BCUT2D eigenvalue weighted by Gasteiger charge is 2.31. The van der Waals surface area contributed by atoms with Crippen molar-refractivity contribution in [3.05, 3.63) is 89.9 Å². The summed E-state index contributed by atoms with van der Waals surface area (Å²) in [5.41, 5.74) is 3.10. The highest BCUT2D eigenvalue weighted by Crippen LogP contribution is 2.24. The zero-order valence-electron chi connectivity index (χ0n) is 19.7. The van der Waals surface area contributed by atoms with E-state index in [1.807, 2.05) is 48.0 Å². The topological polar surface area (TPSA) is 89.3 Å². The van der Waals surface area contributed by atoms with Gasteiger partial charge in [0.15, 0.2) is 5.65 Å². The summed E-state index contributed by atoms with van der Waals surface area (Å²) in [4.78, 5) is 19.4. The molecule has 36 heavy (non-hydrogen) atoms. The molecule has 2 aromatic carbocycles. The van der Waals surface area contributed by atoms with Gasteiger partial charge in [-0.05, 0) is 42.4 Å². The molecule has 0 spiro atoms. The number of aliphatic hydroxyl groups is 1. The second kappa shape index (κ2) is 12.8. The fraction of sp³-hybridized carbons (Fsp3) is 0.269. The number of pyridine rings is 1. The van der Waals surface area contributed by atoms with Crippen molar-refractivity contribution in [3.8, 4) is 5.75 Å². The standard InChI is InChI=1S/C17H14F3N3O2.C9H13NO/c18-17(19,20)25-13-7-5-12(6-8-13)11-23-15(4-2-10-24)22-14-3-1-9-21-16(14)23;1-10-7-9(11)8-5-3-2-4-6-8/h1,3,5-10H,2,4,11H2;2-6,9-11H,7H2,1H3. The highest BCUT2D eigenvalue weighted by molar-refractivity contribution is 5.71. The lowest BCUT2D eigenvalue weighted by molar-refractivity contribution is -0.274. The van der Waals surface area contributed by atoms with Gasteiger partial charge in [0.05, 0.1) is 12.6 Å². The van der Waals surface area contributed by atoms with Gasteiger partial charge < -0.3 is 24.5 Å². The minimum atomic E-state index is -4.71. The number of nitrogens with zero attached hydrogens (tertiary/aromatic N) is 3. The Morgan fingerprint density at radius 3 is 2.44 bits per heavy atom. The first kappa shape index (κ1) is 26.8. The Bertz CT molecular complexity index is 1230. The molecule has 0 bridgehead atoms. The number of imidazole rings is 1. The Hall–Kier alpha value is -3.76. The molecular weight excluding hydrogens is 473 g/mol. The number of aldehydes is 1. The third-order valence-corrected chi connectivity index (χ3v) is 5.15. The number of ether oxygens (including phenoxy) is 1. The molecule has 0 aliphatic heterocycles. The first-order valence-electron chi connectivity index (χ1n) is 11.3. The Morgan fingerprint density at radius 2 is 1.81 bits per heavy atom. The number of fused-ring (bicyclic) bond motifs is 1. The molecule has 0 fully saturated rings. The summed E-state index contributed by atoms with van der Waals surface area (Å²) in [5, 5.41) is 12.4. The molecule has 4 rings (SSSR count). The molecular formula is C26H27F3N4O3. The number of nitrogens with one attached hydrogen (secondary N) is 1. The van der Waals surface area contributed by atoms with Crippen molar-refractivity contribution < 1.29 is 27.8 Å². The van der Waals surface area contributed by atoms with Gasteiger partial charge in [-0.2, -0.15) is 0 Å². The Balaban J connectivity index is 0.000000275. The Labute approximate surface area is 206 Å². The van der Waals surface area contributed by atoms with E-state index in [0.29, 0.717) is 42.9 Å². The number of likely N-dealkylation sites (N-methyl/N-ethyl adjacent to an activating group) is 1. The molecule has 2 N–H and O–H groups in total. The van der Waals surface area contributed by atoms with Crippen molar-refractivity contribution in [3.63, 3.8) is 0 Å². The van der Waals surface area contributed by atoms with Crippen molar-refractivity contribution in [2.75, 3.05) is 13.6 Å². The average molecular weight is 501 g/mol. The van der Waals surface area contributed by atoms with Crippen LogP contribution in [0.2, 0.25) is 0 Å². The number of aliphatic hydroxyl groups excluding tert-OH is 1. The molecule has 2 heterocycles. The minimum absolute atomic E-state index is 0.272. The molecule has 0 amide bonds. The molecule has 1 unspecified atom stereocenters. The number of carbonyl (C=O) groups excluding carboxylic acids is 1. The van der Waals surface area contributed by atoms with Gasteiger partial charge >= 0.3 is 6.36 Å². The highest BCUT2D eigenvalue weighted by atomic mass is 19.4. The molecule has 4 aromatic rings. The first-order valence-corrected chi connectivity index (χ1v) is 11.3. The van der Waals surface area contributed by atoms with Crippen LogP contribution in [0.3, 0.4) is 0 Å². The molecule has 0 aliphatic carbocycles. The van der Waals surface area contributed by atoms with Crippen LogP contribution in [0.25, 0.3) is 11.2 Å². The largest absolute Gasteiger partial charge is 0.573 e. The van der Waals surface area contributed by atoms with E-state index in [1.165, 1.54) is 12.1 Å². The van der Waals surface area contributed by atoms with Gasteiger partial charge in [0.25, 0.3) is 0 Å². The molecule has 0 aliphatic rings. The van der Waals surface area contributed by atoms with Gasteiger partial charge in [0.2, 0.25) is 0 Å². The molecule has 190 valence electrons. The van der Waals surface area contributed by atoms with Gasteiger partial charge in [-0.3, -0.25) is 0 Å². The zero-order valence-corrected chi connectivity index (χ0v) is 19.7. The van der Waals surface area contributed by atoms with Crippen LogP contribution in [-0.4, -0.2) is 45.9 Å². The van der Waals surface area contributed by atoms with Crippen LogP contribution in [0.5, 0.6) is 5.75 Å². The number of hydrogen-bond acceptors (Lipinski definition) is 6. The van der Waals surface area contributed by atoms with E-state index in [-0.39, 0.29) is 11.9 Å². The van der Waals surface area contributed by atoms with E-state index in [9.17, 15) is 23.1 Å². The van der Waals surface area contributed by atoms with Crippen LogP contribution in [0, 0.1) is 0 Å². The van der Waals surface area contributed by atoms with Crippen molar-refractivity contribution in [2.24, 2.45) is 0 Å². The predicted octanol–water partition coefficient (Wildman–Crippen LogP) is 4.45. The maximum atomic E-state index is 12.2. The number of alkyl halides is 3. The van der Waals surface area contributed by atoms with Gasteiger partial charge in [-0.1, -0.05) is 42.5 Å². The lowest BCUT2D eigenvalue weighted by Crippen LogP contribution is -2.17. The number of halogens is 3. The minimum Gasteiger partial charge on any atom is -0.406 e. The van der Waals surface area contributed by atoms with E-state index in [4.69, 9.17) is 0 Å². The molecule has 0 saturated carbocycles. The van der Waals surface area contributed by atoms with Gasteiger partial charge in [0.1, 0.15) is 23.4 Å². The SMILES string of the molecule is CNCC(O)c1ccccc1.O=CCCc1nc2cccnc2n1Cc1ccc(OC(F)(F)F)cc1. The molecule has 1 atom stereocenters. The van der Waals surface area contributed by atoms with Crippen molar-refractivity contribution in [1.29, 1.82) is 0 Å². The van der Waals surface area contributed by atoms with E-state index < -0.39 is 6.36 Å². The van der Waals surface area contributed by atoms with Crippen LogP contribution in [0.4, 0.5) is 13.2 Å². The summed E-state index contributed by atoms with van der Waals surface area (Å²) >= 11 is 0. The van der Waals surface area contributed by atoms with Crippen LogP contribution < -0.4 is 10.1 Å². The summed E-state index contributed by atoms with van der Waals surface area (Å²) in [6, 6.07) is 18.9. The van der Waals surface area contributed by atoms with E-state index in [2.05, 4.69) is 20.0 Å². The summed E-state index contributed by atoms with van der Waals surface area (Å²) in [6.07, 6.45) is -1.84. The average Bonchev–Trinajstić information content (AvgIpc) is 3.21. The third kappa shape index (κ3) is 7.89. The molecule has 7 nitrogen and oxygen atoms in total. The fourth-order valence-corrected chi connectivity index (χ4v) is 3.52. The van der Waals surface area contributed by atoms with E-state index in [1.54, 1.807) is 24.4 Å². The van der Waals surface area contributed by atoms with Crippen LogP contribution in [-0.2, 0) is 17.8 Å². The smallest absolute Gasteiger partial charge is 0.406 e. The fourth-order valence-electron chi connectivity index (χ4n) is 3.52. The zero-order chi connectivity index (χ0) is 26.0. The summed E-state index contributed by atoms with van der Waals surface area (Å²) in [6.45, 7) is 0.984. The summed E-state index contributed by atoms with van der Waals surface area (Å²) < 4.78 is 42.4. The summed E-state index contributed by atoms with van der Waals surface area (Å²) in [5.74, 6) is 0.433. The lowest BCUT2D eigenvalue weighted by atomic mass is 10.1.